The Labute approximate surface area is 85.8 Å². The van der Waals surface area contributed by atoms with Gasteiger partial charge in [0.2, 0.25) is 0 Å². The van der Waals surface area contributed by atoms with E-state index in [0.717, 1.165) is 0 Å². The molecule has 0 unspecified atom stereocenters. The summed E-state index contributed by atoms with van der Waals surface area (Å²) in [6.45, 7) is 5.29. The smallest absolute Gasteiger partial charge is 0.150 e. The van der Waals surface area contributed by atoms with Crippen molar-refractivity contribution in [3.05, 3.63) is 0 Å². The van der Waals surface area contributed by atoms with Crippen molar-refractivity contribution < 1.29 is 13.2 Å². The van der Waals surface area contributed by atoms with Crippen LogP contribution in [0.2, 0.25) is 0 Å². The molecule has 0 saturated heterocycles. The molecule has 0 aliphatic carbocycles. The lowest BCUT2D eigenvalue weighted by atomic mass is 9.87. The first-order chi connectivity index (χ1) is 6.25. The zero-order chi connectivity index (χ0) is 11.4. The van der Waals surface area contributed by atoms with Crippen molar-refractivity contribution in [1.29, 1.82) is 0 Å². The van der Waals surface area contributed by atoms with Gasteiger partial charge in [-0.1, -0.05) is 20.8 Å². The first kappa shape index (κ1) is 13.6. The van der Waals surface area contributed by atoms with Crippen LogP contribution in [0.1, 0.15) is 27.2 Å². The van der Waals surface area contributed by atoms with E-state index in [9.17, 15) is 13.2 Å². The van der Waals surface area contributed by atoms with Gasteiger partial charge in [-0.2, -0.15) is 0 Å². The highest BCUT2D eigenvalue weighted by molar-refractivity contribution is 7.91. The van der Waals surface area contributed by atoms with Crippen LogP contribution in [0.4, 0.5) is 0 Å². The van der Waals surface area contributed by atoms with Crippen LogP contribution < -0.4 is 5.73 Å². The van der Waals surface area contributed by atoms with Gasteiger partial charge in [0.25, 0.3) is 0 Å². The molecular weight excluding hydrogens is 202 g/mol. The van der Waals surface area contributed by atoms with E-state index in [2.05, 4.69) is 0 Å². The molecule has 2 N–H and O–H groups in total. The molecule has 14 heavy (non-hydrogen) atoms. The predicted octanol–water partition coefficient (Wildman–Crippen LogP) is 0.365. The molecule has 0 aliphatic heterocycles. The summed E-state index contributed by atoms with van der Waals surface area (Å²) in [6, 6.07) is 0. The van der Waals surface area contributed by atoms with Crippen LogP contribution in [0.5, 0.6) is 0 Å². The van der Waals surface area contributed by atoms with E-state index in [0.29, 0.717) is 0 Å². The summed E-state index contributed by atoms with van der Waals surface area (Å²) < 4.78 is 22.3. The monoisotopic (exact) mass is 221 g/mol. The summed E-state index contributed by atoms with van der Waals surface area (Å²) in [5.41, 5.74) is 4.80. The van der Waals surface area contributed by atoms with Gasteiger partial charge in [-0.15, -0.1) is 0 Å². The number of sulfone groups is 1. The number of Topliss-reactive ketones (excluding diaryl/α,β-unsaturated/α-hetero) is 1. The van der Waals surface area contributed by atoms with Crippen LogP contribution in [0.25, 0.3) is 0 Å². The molecule has 0 rings (SSSR count). The third-order valence-corrected chi connectivity index (χ3v) is 4.05. The van der Waals surface area contributed by atoms with Crippen LogP contribution in [-0.2, 0) is 14.6 Å². The van der Waals surface area contributed by atoms with Crippen LogP contribution in [0.15, 0.2) is 0 Å². The average Bonchev–Trinajstić information content (AvgIpc) is 2.14. The third-order valence-electron chi connectivity index (χ3n) is 2.35. The number of nitrogens with two attached hydrogens (primary N) is 1. The maximum atomic E-state index is 11.5. The average molecular weight is 221 g/mol. The molecular formula is C9H19NO3S. The fraction of sp³-hybridized carbons (Fsp3) is 0.889. The minimum absolute atomic E-state index is 0.0637. The number of hydrogen-bond acceptors (Lipinski definition) is 4. The normalized spacial score (nSPS) is 12.9. The fourth-order valence-electron chi connectivity index (χ4n) is 0.845. The molecule has 0 spiro atoms. The Bertz CT molecular complexity index is 293. The highest BCUT2D eigenvalue weighted by Gasteiger charge is 2.26. The van der Waals surface area contributed by atoms with Gasteiger partial charge >= 0.3 is 0 Å². The van der Waals surface area contributed by atoms with E-state index in [1.165, 1.54) is 0 Å². The lowest BCUT2D eigenvalue weighted by Crippen LogP contribution is -2.33. The van der Waals surface area contributed by atoms with Gasteiger partial charge in [0, 0.05) is 24.1 Å². The lowest BCUT2D eigenvalue weighted by Gasteiger charge is -2.20. The zero-order valence-corrected chi connectivity index (χ0v) is 9.86. The van der Waals surface area contributed by atoms with Gasteiger partial charge in [0.1, 0.15) is 15.6 Å². The molecule has 0 aromatic carbocycles. The maximum absolute atomic E-state index is 11.5. The van der Waals surface area contributed by atoms with E-state index in [4.69, 9.17) is 5.73 Å². The van der Waals surface area contributed by atoms with Gasteiger partial charge < -0.3 is 5.73 Å². The first-order valence-corrected chi connectivity index (χ1v) is 6.51. The number of rotatable bonds is 6. The standard InChI is InChI=1S/C9H19NO3S/c1-4-14(12,13)6-5-8(11)9(2,3)7-10/h4-7,10H2,1-3H3. The van der Waals surface area contributed by atoms with Gasteiger partial charge in [-0.05, 0) is 0 Å². The van der Waals surface area contributed by atoms with Crippen molar-refractivity contribution in [3.8, 4) is 0 Å². The Kier molecular flexibility index (Phi) is 4.74. The van der Waals surface area contributed by atoms with Crippen molar-refractivity contribution >= 4 is 15.6 Å². The maximum Gasteiger partial charge on any atom is 0.150 e. The molecule has 0 heterocycles. The van der Waals surface area contributed by atoms with E-state index in [-0.39, 0.29) is 30.3 Å². The Morgan fingerprint density at radius 2 is 1.86 bits per heavy atom. The number of carbonyl (C=O) groups is 1. The van der Waals surface area contributed by atoms with Crippen LogP contribution in [0, 0.1) is 5.41 Å². The second-order valence-corrected chi connectivity index (χ2v) is 6.47. The molecule has 0 amide bonds. The Hall–Kier alpha value is -0.420. The number of carbonyl (C=O) groups excluding carboxylic acids is 1. The van der Waals surface area contributed by atoms with Crippen LogP contribution in [0.3, 0.4) is 0 Å². The molecule has 0 bridgehead atoms. The van der Waals surface area contributed by atoms with Gasteiger partial charge in [0.15, 0.2) is 0 Å². The first-order valence-electron chi connectivity index (χ1n) is 4.69. The van der Waals surface area contributed by atoms with E-state index in [1.807, 2.05) is 0 Å². The highest BCUT2D eigenvalue weighted by atomic mass is 32.2. The SMILES string of the molecule is CCS(=O)(=O)CCC(=O)C(C)(C)CN. The molecule has 0 atom stereocenters. The summed E-state index contributed by atoms with van der Waals surface area (Å²) in [4.78, 5) is 11.5. The van der Waals surface area contributed by atoms with Gasteiger partial charge in [-0.3, -0.25) is 4.79 Å². The van der Waals surface area contributed by atoms with E-state index in [1.54, 1.807) is 20.8 Å². The molecule has 4 nitrogen and oxygen atoms in total. The number of ketones is 1. The second kappa shape index (κ2) is 4.89. The van der Waals surface area contributed by atoms with Gasteiger partial charge in [0.05, 0.1) is 5.75 Å². The summed E-state index contributed by atoms with van der Waals surface area (Å²) in [6.07, 6.45) is 0.0698. The lowest BCUT2D eigenvalue weighted by molar-refractivity contribution is -0.126. The molecule has 0 aliphatic rings. The quantitative estimate of drug-likeness (QED) is 0.702. The summed E-state index contributed by atoms with van der Waals surface area (Å²) >= 11 is 0. The third kappa shape index (κ3) is 4.19. The molecule has 0 radical (unpaired) electrons. The summed E-state index contributed by atoms with van der Waals surface area (Å²) in [5, 5.41) is 0. The molecule has 84 valence electrons. The highest BCUT2D eigenvalue weighted by Crippen LogP contribution is 2.16. The molecule has 5 heteroatoms. The summed E-state index contributed by atoms with van der Waals surface area (Å²) in [5.74, 6) is -0.0632. The predicted molar refractivity (Wildman–Crippen MR) is 56.8 cm³/mol. The van der Waals surface area contributed by atoms with Crippen LogP contribution in [-0.4, -0.2) is 32.3 Å². The van der Waals surface area contributed by atoms with Crippen molar-refractivity contribution in [2.75, 3.05) is 18.1 Å². The molecule has 0 saturated carbocycles. The van der Waals surface area contributed by atoms with Crippen LogP contribution >= 0.6 is 0 Å². The molecule has 0 aromatic rings. The minimum atomic E-state index is -3.04. The van der Waals surface area contributed by atoms with Crippen molar-refractivity contribution in [3.63, 3.8) is 0 Å². The topological polar surface area (TPSA) is 77.2 Å². The Morgan fingerprint density at radius 1 is 1.36 bits per heavy atom. The Balaban J connectivity index is 4.24. The minimum Gasteiger partial charge on any atom is -0.329 e. The molecule has 0 aromatic heterocycles. The zero-order valence-electron chi connectivity index (χ0n) is 9.04. The number of hydrogen-bond donors (Lipinski definition) is 1. The largest absolute Gasteiger partial charge is 0.329 e. The molecule has 0 fully saturated rings. The van der Waals surface area contributed by atoms with E-state index >= 15 is 0 Å². The van der Waals surface area contributed by atoms with E-state index < -0.39 is 15.3 Å². The van der Waals surface area contributed by atoms with Crippen molar-refractivity contribution in [2.24, 2.45) is 11.1 Å². The second-order valence-electron chi connectivity index (χ2n) is 4.00. The van der Waals surface area contributed by atoms with Crippen molar-refractivity contribution in [2.45, 2.75) is 27.2 Å². The Morgan fingerprint density at radius 3 is 2.21 bits per heavy atom. The van der Waals surface area contributed by atoms with Gasteiger partial charge in [-0.25, -0.2) is 8.42 Å². The fourth-order valence-corrected chi connectivity index (χ4v) is 1.63. The summed E-state index contributed by atoms with van der Waals surface area (Å²) in [7, 11) is -3.04. The van der Waals surface area contributed by atoms with Crippen molar-refractivity contribution in [1.82, 2.24) is 0 Å².